The van der Waals surface area contributed by atoms with Crippen LogP contribution in [0.5, 0.6) is 11.5 Å². The van der Waals surface area contributed by atoms with E-state index in [0.717, 1.165) is 0 Å². The van der Waals surface area contributed by atoms with E-state index in [-0.39, 0.29) is 23.1 Å². The van der Waals surface area contributed by atoms with Crippen LogP contribution in [0.2, 0.25) is 0 Å². The van der Waals surface area contributed by atoms with Gasteiger partial charge in [0.2, 0.25) is 0 Å². The second-order valence-electron chi connectivity index (χ2n) is 6.34. The van der Waals surface area contributed by atoms with Crippen molar-refractivity contribution in [2.45, 2.75) is 33.2 Å². The lowest BCUT2D eigenvalue weighted by Crippen LogP contribution is -2.43. The topological polar surface area (TPSA) is 99.2 Å². The molecule has 1 amide bonds. The van der Waals surface area contributed by atoms with Crippen molar-refractivity contribution in [3.8, 4) is 11.5 Å². The molecule has 9 heteroatoms. The number of likely N-dealkylation sites (N-methyl/N-ethyl adjacent to an activating group) is 1. The van der Waals surface area contributed by atoms with Crippen LogP contribution in [0.1, 0.15) is 37.6 Å². The van der Waals surface area contributed by atoms with Gasteiger partial charge in [0, 0.05) is 12.6 Å². The maximum Gasteiger partial charge on any atom is 0.338 e. The van der Waals surface area contributed by atoms with Gasteiger partial charge in [-0.1, -0.05) is 0 Å². The van der Waals surface area contributed by atoms with Gasteiger partial charge in [-0.25, -0.2) is 13.2 Å². The Labute approximate surface area is 165 Å². The van der Waals surface area contributed by atoms with Crippen LogP contribution < -0.4 is 9.47 Å². The van der Waals surface area contributed by atoms with Gasteiger partial charge in [0.1, 0.15) is 0 Å². The van der Waals surface area contributed by atoms with E-state index in [1.165, 1.54) is 11.0 Å². The number of rotatable bonds is 9. The van der Waals surface area contributed by atoms with Crippen molar-refractivity contribution in [3.05, 3.63) is 23.8 Å². The SMILES string of the molecule is CCOc1ccc(C(=O)OCC(=O)N(CC)C2CCS(=O)(=O)C2)cc1OCC. The molecule has 8 nitrogen and oxygen atoms in total. The summed E-state index contributed by atoms with van der Waals surface area (Å²) in [6, 6.07) is 4.31. The molecular formula is C19H27NO7S. The van der Waals surface area contributed by atoms with E-state index in [1.807, 2.05) is 13.8 Å². The molecule has 2 rings (SSSR count). The molecule has 0 aliphatic carbocycles. The minimum Gasteiger partial charge on any atom is -0.490 e. The first-order valence-electron chi connectivity index (χ1n) is 9.37. The Kier molecular flexibility index (Phi) is 7.68. The summed E-state index contributed by atoms with van der Waals surface area (Å²) >= 11 is 0. The van der Waals surface area contributed by atoms with Gasteiger partial charge in [0.25, 0.3) is 5.91 Å². The largest absolute Gasteiger partial charge is 0.490 e. The number of nitrogens with zero attached hydrogens (tertiary/aromatic N) is 1. The van der Waals surface area contributed by atoms with Crippen molar-refractivity contribution < 1.29 is 32.2 Å². The maximum absolute atomic E-state index is 12.4. The third-order valence-corrected chi connectivity index (χ3v) is 6.17. The Bertz CT molecular complexity index is 807. The van der Waals surface area contributed by atoms with Gasteiger partial charge in [0.15, 0.2) is 27.9 Å². The number of sulfone groups is 1. The average Bonchev–Trinajstić information content (AvgIpc) is 3.01. The molecule has 0 bridgehead atoms. The molecule has 0 saturated carbocycles. The highest BCUT2D eigenvalue weighted by atomic mass is 32.2. The van der Waals surface area contributed by atoms with Gasteiger partial charge in [0.05, 0.1) is 30.3 Å². The third kappa shape index (κ3) is 5.60. The molecule has 1 heterocycles. The van der Waals surface area contributed by atoms with Gasteiger partial charge in [-0.15, -0.1) is 0 Å². The molecule has 156 valence electrons. The van der Waals surface area contributed by atoms with Crippen molar-refractivity contribution in [3.63, 3.8) is 0 Å². The molecule has 0 radical (unpaired) electrons. The zero-order valence-electron chi connectivity index (χ0n) is 16.5. The monoisotopic (exact) mass is 413 g/mol. The summed E-state index contributed by atoms with van der Waals surface area (Å²) in [5.41, 5.74) is 0.242. The van der Waals surface area contributed by atoms with Crippen molar-refractivity contribution >= 4 is 21.7 Å². The molecule has 1 atom stereocenters. The molecular weight excluding hydrogens is 386 g/mol. The zero-order chi connectivity index (χ0) is 20.7. The number of benzene rings is 1. The molecule has 0 spiro atoms. The number of esters is 1. The number of carbonyl (C=O) groups is 2. The van der Waals surface area contributed by atoms with Crippen LogP contribution >= 0.6 is 0 Å². The predicted molar refractivity (Wildman–Crippen MR) is 104 cm³/mol. The van der Waals surface area contributed by atoms with Crippen LogP contribution in [0, 0.1) is 0 Å². The summed E-state index contributed by atoms with van der Waals surface area (Å²) in [5.74, 6) is -0.0838. The smallest absolute Gasteiger partial charge is 0.338 e. The maximum atomic E-state index is 12.4. The highest BCUT2D eigenvalue weighted by Gasteiger charge is 2.34. The molecule has 1 aromatic carbocycles. The van der Waals surface area contributed by atoms with Crippen molar-refractivity contribution in [2.24, 2.45) is 0 Å². The first-order chi connectivity index (χ1) is 13.3. The summed E-state index contributed by atoms with van der Waals surface area (Å²) in [7, 11) is -3.10. The van der Waals surface area contributed by atoms with E-state index in [2.05, 4.69) is 0 Å². The quantitative estimate of drug-likeness (QED) is 0.568. The molecule has 1 unspecified atom stereocenters. The van der Waals surface area contributed by atoms with E-state index in [4.69, 9.17) is 14.2 Å². The minimum absolute atomic E-state index is 0.0445. The van der Waals surface area contributed by atoms with E-state index < -0.39 is 28.3 Å². The Morgan fingerprint density at radius 2 is 1.79 bits per heavy atom. The lowest BCUT2D eigenvalue weighted by atomic mass is 10.2. The van der Waals surface area contributed by atoms with Crippen LogP contribution in [-0.2, 0) is 19.4 Å². The standard InChI is InChI=1S/C19H27NO7S/c1-4-20(15-9-10-28(23,24)13-15)18(21)12-27-19(22)14-7-8-16(25-5-2)17(11-14)26-6-3/h7-8,11,15H,4-6,9-10,12-13H2,1-3H3. The average molecular weight is 413 g/mol. The minimum atomic E-state index is -3.10. The molecule has 0 N–H and O–H groups in total. The van der Waals surface area contributed by atoms with Crippen molar-refractivity contribution in [2.75, 3.05) is 37.9 Å². The van der Waals surface area contributed by atoms with Gasteiger partial charge in [-0.2, -0.15) is 0 Å². The summed E-state index contributed by atoms with van der Waals surface area (Å²) in [6.07, 6.45) is 0.409. The number of hydrogen-bond acceptors (Lipinski definition) is 7. The number of carbonyl (C=O) groups excluding carboxylic acids is 2. The first-order valence-corrected chi connectivity index (χ1v) is 11.2. The Balaban J connectivity index is 2.00. The number of amides is 1. The predicted octanol–water partition coefficient (Wildman–Crippen LogP) is 1.68. The summed E-state index contributed by atoms with van der Waals surface area (Å²) in [5, 5.41) is 0. The van der Waals surface area contributed by atoms with Crippen molar-refractivity contribution in [1.29, 1.82) is 0 Å². The fourth-order valence-corrected chi connectivity index (χ4v) is 4.86. The van der Waals surface area contributed by atoms with Gasteiger partial charge < -0.3 is 19.1 Å². The van der Waals surface area contributed by atoms with Crippen LogP contribution in [0.25, 0.3) is 0 Å². The van der Waals surface area contributed by atoms with Gasteiger partial charge in [-0.05, 0) is 45.4 Å². The summed E-state index contributed by atoms with van der Waals surface area (Å²) in [4.78, 5) is 26.2. The van der Waals surface area contributed by atoms with E-state index in [1.54, 1.807) is 19.1 Å². The number of hydrogen-bond donors (Lipinski definition) is 0. The highest BCUT2D eigenvalue weighted by molar-refractivity contribution is 7.91. The van der Waals surface area contributed by atoms with Crippen LogP contribution in [0.3, 0.4) is 0 Å². The molecule has 1 fully saturated rings. The lowest BCUT2D eigenvalue weighted by Gasteiger charge is -2.26. The zero-order valence-corrected chi connectivity index (χ0v) is 17.3. The fraction of sp³-hybridized carbons (Fsp3) is 0.579. The van der Waals surface area contributed by atoms with Crippen LogP contribution in [0.15, 0.2) is 18.2 Å². The second-order valence-corrected chi connectivity index (χ2v) is 8.57. The van der Waals surface area contributed by atoms with Gasteiger partial charge >= 0.3 is 5.97 Å². The van der Waals surface area contributed by atoms with E-state index >= 15 is 0 Å². The lowest BCUT2D eigenvalue weighted by molar-refractivity contribution is -0.136. The van der Waals surface area contributed by atoms with Crippen LogP contribution in [0.4, 0.5) is 0 Å². The van der Waals surface area contributed by atoms with E-state index in [0.29, 0.717) is 37.7 Å². The van der Waals surface area contributed by atoms with Crippen LogP contribution in [-0.4, -0.2) is 69.1 Å². The summed E-state index contributed by atoms with van der Waals surface area (Å²) in [6.45, 7) is 6.22. The molecule has 1 aromatic rings. The Morgan fingerprint density at radius 3 is 2.36 bits per heavy atom. The van der Waals surface area contributed by atoms with Gasteiger partial charge in [-0.3, -0.25) is 4.79 Å². The van der Waals surface area contributed by atoms with E-state index in [9.17, 15) is 18.0 Å². The Morgan fingerprint density at radius 1 is 1.11 bits per heavy atom. The molecule has 0 aromatic heterocycles. The highest BCUT2D eigenvalue weighted by Crippen LogP contribution is 2.28. The molecule has 1 aliphatic heterocycles. The number of ether oxygens (including phenoxy) is 3. The second kappa shape index (κ2) is 9.77. The molecule has 1 saturated heterocycles. The first kappa shape index (κ1) is 22.0. The summed E-state index contributed by atoms with van der Waals surface area (Å²) < 4.78 is 39.4. The molecule has 28 heavy (non-hydrogen) atoms. The van der Waals surface area contributed by atoms with Crippen molar-refractivity contribution in [1.82, 2.24) is 4.90 Å². The third-order valence-electron chi connectivity index (χ3n) is 4.42. The normalized spacial score (nSPS) is 17.8. The molecule has 1 aliphatic rings. The fourth-order valence-electron chi connectivity index (χ4n) is 3.13. The Hall–Kier alpha value is -2.29.